The zero-order valence-electron chi connectivity index (χ0n) is 10.4. The lowest BCUT2D eigenvalue weighted by atomic mass is 10.0. The van der Waals surface area contributed by atoms with Gasteiger partial charge in [-0.25, -0.2) is 0 Å². The second kappa shape index (κ2) is 3.69. The first kappa shape index (κ1) is 11.6. The van der Waals surface area contributed by atoms with Crippen LogP contribution in [0, 0.1) is 0 Å². The van der Waals surface area contributed by atoms with E-state index in [0.29, 0.717) is 5.56 Å². The van der Waals surface area contributed by atoms with E-state index in [4.69, 9.17) is 0 Å². The third kappa shape index (κ3) is 1.40. The smallest absolute Gasteiger partial charge is 0.282 e. The molecule has 0 bridgehead atoms. The zero-order valence-corrected chi connectivity index (χ0v) is 11.2. The summed E-state index contributed by atoms with van der Waals surface area (Å²) < 4.78 is 32.8. The fraction of sp³-hybridized carbons (Fsp3) is 0. The summed E-state index contributed by atoms with van der Waals surface area (Å²) in [5, 5.41) is 1.87. The molecule has 0 saturated heterocycles. The summed E-state index contributed by atoms with van der Waals surface area (Å²) >= 11 is 0. The first-order valence-corrected chi connectivity index (χ1v) is 7.64. The second-order valence-electron chi connectivity index (χ2n) is 4.86. The minimum Gasteiger partial charge on any atom is -0.282 e. The van der Waals surface area contributed by atoms with Crippen molar-refractivity contribution in [1.82, 2.24) is 0 Å². The highest BCUT2D eigenvalue weighted by Crippen LogP contribution is 2.49. The van der Waals surface area contributed by atoms with Crippen LogP contribution < -0.4 is 0 Å². The topological polar surface area (TPSA) is 54.4 Å². The summed E-state index contributed by atoms with van der Waals surface area (Å²) in [7, 11) is -4.25. The molecule has 1 N–H and O–H groups in total. The van der Waals surface area contributed by atoms with Gasteiger partial charge in [0, 0.05) is 5.56 Å². The van der Waals surface area contributed by atoms with E-state index in [0.717, 1.165) is 27.5 Å². The maximum Gasteiger partial charge on any atom is 0.295 e. The summed E-state index contributed by atoms with van der Waals surface area (Å²) in [4.78, 5) is -0.0256. The van der Waals surface area contributed by atoms with Crippen molar-refractivity contribution in [3.05, 3.63) is 54.6 Å². The predicted octanol–water partition coefficient (Wildman–Crippen LogP) is 3.73. The molecule has 0 unspecified atom stereocenters. The molecule has 0 aromatic heterocycles. The second-order valence-corrected chi connectivity index (χ2v) is 6.25. The molecule has 0 atom stereocenters. The predicted molar refractivity (Wildman–Crippen MR) is 78.2 cm³/mol. The molecule has 4 rings (SSSR count). The third-order valence-corrected chi connectivity index (χ3v) is 4.67. The van der Waals surface area contributed by atoms with E-state index in [-0.39, 0.29) is 4.90 Å². The van der Waals surface area contributed by atoms with Crippen LogP contribution in [0.25, 0.3) is 33.0 Å². The standard InChI is InChI=1S/C16H10O3S/c17-20(18,19)14-9-8-10-4-3-7-12-11-5-1-2-6-13(11)16(14)15(10)12/h1-9H,(H,17,18,19). The van der Waals surface area contributed by atoms with E-state index in [9.17, 15) is 13.0 Å². The molecule has 1 aliphatic carbocycles. The molecule has 4 heteroatoms. The van der Waals surface area contributed by atoms with Crippen molar-refractivity contribution >= 4 is 20.9 Å². The molecule has 0 radical (unpaired) electrons. The normalized spacial score (nSPS) is 12.7. The number of hydrogen-bond acceptors (Lipinski definition) is 2. The van der Waals surface area contributed by atoms with Crippen molar-refractivity contribution in [2.45, 2.75) is 4.90 Å². The van der Waals surface area contributed by atoms with Gasteiger partial charge in [-0.05, 0) is 33.5 Å². The Morgan fingerprint density at radius 2 is 1.45 bits per heavy atom. The Kier molecular flexibility index (Phi) is 2.14. The number of hydrogen-bond donors (Lipinski definition) is 1. The molecule has 0 spiro atoms. The summed E-state index contributed by atoms with van der Waals surface area (Å²) in [5.74, 6) is 0. The van der Waals surface area contributed by atoms with Crippen LogP contribution in [0.3, 0.4) is 0 Å². The highest BCUT2D eigenvalue weighted by atomic mass is 32.2. The summed E-state index contributed by atoms with van der Waals surface area (Å²) in [6.45, 7) is 0. The van der Waals surface area contributed by atoms with Gasteiger partial charge in [-0.3, -0.25) is 4.55 Å². The minimum atomic E-state index is -4.25. The van der Waals surface area contributed by atoms with Gasteiger partial charge in [0.05, 0.1) is 0 Å². The molecular formula is C16H10O3S. The maximum atomic E-state index is 11.6. The van der Waals surface area contributed by atoms with Crippen LogP contribution in [0.15, 0.2) is 59.5 Å². The van der Waals surface area contributed by atoms with Crippen LogP contribution in [0.4, 0.5) is 0 Å². The van der Waals surface area contributed by atoms with Gasteiger partial charge in [0.2, 0.25) is 0 Å². The lowest BCUT2D eigenvalue weighted by Gasteiger charge is -2.07. The third-order valence-electron chi connectivity index (χ3n) is 3.77. The molecule has 20 heavy (non-hydrogen) atoms. The number of fused-ring (bicyclic) bond motifs is 3. The van der Waals surface area contributed by atoms with Crippen molar-refractivity contribution in [3.63, 3.8) is 0 Å². The summed E-state index contributed by atoms with van der Waals surface area (Å²) in [6.07, 6.45) is 0. The minimum absolute atomic E-state index is 0.0256. The van der Waals surface area contributed by atoms with Crippen LogP contribution >= 0.6 is 0 Å². The highest BCUT2D eigenvalue weighted by molar-refractivity contribution is 7.86. The average molecular weight is 282 g/mol. The van der Waals surface area contributed by atoms with Crippen molar-refractivity contribution in [3.8, 4) is 22.3 Å². The molecule has 0 amide bonds. The number of benzene rings is 3. The van der Waals surface area contributed by atoms with Crippen molar-refractivity contribution in [2.75, 3.05) is 0 Å². The summed E-state index contributed by atoms with van der Waals surface area (Å²) in [6, 6.07) is 16.7. The Balaban J connectivity index is 2.30. The van der Waals surface area contributed by atoms with Gasteiger partial charge in [0.1, 0.15) is 4.90 Å². The van der Waals surface area contributed by atoms with Gasteiger partial charge in [0.15, 0.2) is 0 Å². The Morgan fingerprint density at radius 1 is 0.750 bits per heavy atom. The van der Waals surface area contributed by atoms with E-state index in [2.05, 4.69) is 0 Å². The van der Waals surface area contributed by atoms with Gasteiger partial charge >= 0.3 is 0 Å². The molecule has 1 aliphatic rings. The van der Waals surface area contributed by atoms with Crippen LogP contribution in [-0.2, 0) is 10.1 Å². The Morgan fingerprint density at radius 3 is 2.20 bits per heavy atom. The fourth-order valence-corrected chi connectivity index (χ4v) is 3.71. The lowest BCUT2D eigenvalue weighted by Crippen LogP contribution is -2.00. The maximum absolute atomic E-state index is 11.6. The molecule has 0 heterocycles. The molecular weight excluding hydrogens is 272 g/mol. The van der Waals surface area contributed by atoms with Gasteiger partial charge in [-0.15, -0.1) is 0 Å². The van der Waals surface area contributed by atoms with E-state index in [1.165, 1.54) is 6.07 Å². The summed E-state index contributed by atoms with van der Waals surface area (Å²) in [5.41, 5.74) is 3.48. The fourth-order valence-electron chi connectivity index (χ4n) is 3.00. The molecule has 98 valence electrons. The van der Waals surface area contributed by atoms with Crippen LogP contribution in [0.1, 0.15) is 0 Å². The first-order chi connectivity index (χ1) is 9.57. The Hall–Kier alpha value is -2.17. The largest absolute Gasteiger partial charge is 0.295 e. The van der Waals surface area contributed by atoms with Crippen LogP contribution in [-0.4, -0.2) is 13.0 Å². The molecule has 0 fully saturated rings. The SMILES string of the molecule is O=S(=O)(O)c1ccc2cccc3c2c1-c1ccccc1-3. The van der Waals surface area contributed by atoms with Gasteiger partial charge in [0.25, 0.3) is 10.1 Å². The zero-order chi connectivity index (χ0) is 13.9. The van der Waals surface area contributed by atoms with Crippen LogP contribution in [0.5, 0.6) is 0 Å². The van der Waals surface area contributed by atoms with Gasteiger partial charge in [-0.2, -0.15) is 8.42 Å². The molecule has 3 aromatic rings. The van der Waals surface area contributed by atoms with Gasteiger partial charge in [-0.1, -0.05) is 48.5 Å². The monoisotopic (exact) mass is 282 g/mol. The van der Waals surface area contributed by atoms with E-state index >= 15 is 0 Å². The molecule has 0 saturated carbocycles. The lowest BCUT2D eigenvalue weighted by molar-refractivity contribution is 0.483. The molecule has 3 nitrogen and oxygen atoms in total. The quantitative estimate of drug-likeness (QED) is 0.541. The van der Waals surface area contributed by atoms with Crippen molar-refractivity contribution in [1.29, 1.82) is 0 Å². The van der Waals surface area contributed by atoms with Crippen molar-refractivity contribution in [2.24, 2.45) is 0 Å². The number of rotatable bonds is 1. The van der Waals surface area contributed by atoms with Gasteiger partial charge < -0.3 is 0 Å². The van der Waals surface area contributed by atoms with E-state index in [1.54, 1.807) is 6.07 Å². The Bertz CT molecular complexity index is 972. The van der Waals surface area contributed by atoms with E-state index < -0.39 is 10.1 Å². The van der Waals surface area contributed by atoms with Crippen molar-refractivity contribution < 1.29 is 13.0 Å². The average Bonchev–Trinajstić information content (AvgIpc) is 2.76. The van der Waals surface area contributed by atoms with E-state index in [1.807, 2.05) is 42.5 Å². The van der Waals surface area contributed by atoms with Crippen LogP contribution in [0.2, 0.25) is 0 Å². The highest BCUT2D eigenvalue weighted by Gasteiger charge is 2.27. The Labute approximate surface area is 116 Å². The molecule has 0 aliphatic heterocycles. The first-order valence-electron chi connectivity index (χ1n) is 6.20. The molecule has 3 aromatic carbocycles.